The van der Waals surface area contributed by atoms with Gasteiger partial charge in [0.2, 0.25) is 0 Å². The number of alkyl halides is 7. The van der Waals surface area contributed by atoms with Crippen molar-refractivity contribution in [3.8, 4) is 5.75 Å². The molecule has 2 aliphatic rings. The third-order valence-electron chi connectivity index (χ3n) is 6.15. The molecular weight excluding hydrogens is 461 g/mol. The molecule has 186 valence electrons. The Morgan fingerprint density at radius 3 is 2.12 bits per heavy atom. The van der Waals surface area contributed by atoms with E-state index in [1.165, 1.54) is 0 Å². The average molecular weight is 486 g/mol. The fourth-order valence-corrected chi connectivity index (χ4v) is 4.48. The predicted molar refractivity (Wildman–Crippen MR) is 103 cm³/mol. The largest absolute Gasteiger partial charge is 0.491 e. The maximum absolute atomic E-state index is 12.7. The van der Waals surface area contributed by atoms with Crippen LogP contribution in [0.5, 0.6) is 5.75 Å². The molecule has 0 unspecified atom stereocenters. The fourth-order valence-electron chi connectivity index (χ4n) is 4.48. The van der Waals surface area contributed by atoms with Gasteiger partial charge in [0.25, 0.3) is 6.10 Å². The lowest BCUT2D eigenvalue weighted by Crippen LogP contribution is -2.54. The molecule has 0 atom stereocenters. The Bertz CT molecular complexity index is 777. The molecule has 2 saturated heterocycles. The van der Waals surface area contributed by atoms with Crippen molar-refractivity contribution >= 4 is 6.09 Å². The molecule has 0 aromatic heterocycles. The molecule has 33 heavy (non-hydrogen) atoms. The van der Waals surface area contributed by atoms with Crippen molar-refractivity contribution in [1.29, 1.82) is 0 Å². The number of hydrogen-bond donors (Lipinski definition) is 0. The molecule has 2 aliphatic heterocycles. The minimum Gasteiger partial charge on any atom is -0.491 e. The summed E-state index contributed by atoms with van der Waals surface area (Å²) in [7, 11) is 0. The van der Waals surface area contributed by atoms with E-state index in [2.05, 4.69) is 9.64 Å². The molecule has 1 amide bonds. The highest BCUT2D eigenvalue weighted by Gasteiger charge is 2.60. The number of carbonyl (C=O) groups excluding carboxylic acids is 1. The summed E-state index contributed by atoms with van der Waals surface area (Å²) in [4.78, 5) is 15.2. The van der Waals surface area contributed by atoms with Crippen LogP contribution in [0.25, 0.3) is 0 Å². The van der Waals surface area contributed by atoms with E-state index in [9.17, 15) is 35.5 Å². The van der Waals surface area contributed by atoms with Gasteiger partial charge in [0.15, 0.2) is 0 Å². The quantitative estimate of drug-likeness (QED) is 0.525. The zero-order chi connectivity index (χ0) is 24.3. The first-order valence-electron chi connectivity index (χ1n) is 10.6. The lowest BCUT2D eigenvalue weighted by Gasteiger charge is -2.45. The standard InChI is InChI=1S/C21H25F7N2O3/c22-9-13-32-16-4-2-15(3-5-16)14-30-10-1-6-19(30)7-11-29(12-8-19)18(31)33-17(20(23,24)25)21(26,27)28/h2-5,17H,1,6-14H2. The van der Waals surface area contributed by atoms with Gasteiger partial charge in [-0.15, -0.1) is 0 Å². The number of nitrogens with zero attached hydrogens (tertiary/aromatic N) is 2. The van der Waals surface area contributed by atoms with Crippen LogP contribution in [0.3, 0.4) is 0 Å². The Morgan fingerprint density at radius 1 is 0.970 bits per heavy atom. The number of amides is 1. The number of piperidine rings is 1. The highest BCUT2D eigenvalue weighted by Crippen LogP contribution is 2.40. The highest BCUT2D eigenvalue weighted by atomic mass is 19.4. The van der Waals surface area contributed by atoms with E-state index in [0.717, 1.165) is 29.8 Å². The van der Waals surface area contributed by atoms with Gasteiger partial charge in [-0.25, -0.2) is 9.18 Å². The van der Waals surface area contributed by atoms with Crippen molar-refractivity contribution in [2.24, 2.45) is 0 Å². The molecule has 5 nitrogen and oxygen atoms in total. The van der Waals surface area contributed by atoms with E-state index in [-0.39, 0.29) is 25.2 Å². The van der Waals surface area contributed by atoms with Gasteiger partial charge in [0.1, 0.15) is 19.0 Å². The topological polar surface area (TPSA) is 42.0 Å². The lowest BCUT2D eigenvalue weighted by molar-refractivity contribution is -0.308. The zero-order valence-corrected chi connectivity index (χ0v) is 17.7. The molecule has 1 spiro atoms. The molecule has 0 aliphatic carbocycles. The molecule has 0 radical (unpaired) electrons. The summed E-state index contributed by atoms with van der Waals surface area (Å²) in [5.41, 5.74) is 0.706. The van der Waals surface area contributed by atoms with E-state index in [1.54, 1.807) is 12.1 Å². The minimum atomic E-state index is -5.74. The molecule has 0 N–H and O–H groups in total. The normalized spacial score (nSPS) is 19.3. The maximum atomic E-state index is 12.7. The summed E-state index contributed by atoms with van der Waals surface area (Å²) in [5.74, 6) is 0.551. The van der Waals surface area contributed by atoms with Crippen molar-refractivity contribution in [2.75, 3.05) is 32.9 Å². The van der Waals surface area contributed by atoms with Gasteiger partial charge in [-0.05, 0) is 49.9 Å². The molecule has 1 aromatic rings. The second kappa shape index (κ2) is 9.94. The number of rotatable bonds is 6. The van der Waals surface area contributed by atoms with E-state index >= 15 is 0 Å². The van der Waals surface area contributed by atoms with Gasteiger partial charge in [0, 0.05) is 25.2 Å². The summed E-state index contributed by atoms with van der Waals surface area (Å²) in [5, 5.41) is 0. The Hall–Kier alpha value is -2.24. The maximum Gasteiger partial charge on any atom is 0.434 e. The van der Waals surface area contributed by atoms with Gasteiger partial charge in [-0.2, -0.15) is 26.3 Å². The molecule has 2 heterocycles. The molecule has 0 saturated carbocycles. The first kappa shape index (κ1) is 25.4. The molecule has 1 aromatic carbocycles. The molecular formula is C21H25F7N2O3. The number of hydrogen-bond acceptors (Lipinski definition) is 4. The highest BCUT2D eigenvalue weighted by molar-refractivity contribution is 5.68. The fraction of sp³-hybridized carbons (Fsp3) is 0.667. The lowest BCUT2D eigenvalue weighted by atomic mass is 9.85. The second-order valence-electron chi connectivity index (χ2n) is 8.26. The minimum absolute atomic E-state index is 0.00771. The van der Waals surface area contributed by atoms with E-state index < -0.39 is 31.2 Å². The number of halogens is 7. The first-order chi connectivity index (χ1) is 15.4. The summed E-state index contributed by atoms with van der Waals surface area (Å²) in [6, 6.07) is 7.20. The van der Waals surface area contributed by atoms with Crippen LogP contribution in [-0.4, -0.2) is 72.8 Å². The number of benzene rings is 1. The van der Waals surface area contributed by atoms with Gasteiger partial charge >= 0.3 is 18.4 Å². The Labute approximate surface area is 186 Å². The summed E-state index contributed by atoms with van der Waals surface area (Å²) in [6.07, 6.45) is -14.7. The van der Waals surface area contributed by atoms with Crippen molar-refractivity contribution < 1.29 is 45.0 Å². The summed E-state index contributed by atoms with van der Waals surface area (Å²) < 4.78 is 97.3. The van der Waals surface area contributed by atoms with Gasteiger partial charge in [0.05, 0.1) is 0 Å². The van der Waals surface area contributed by atoms with E-state index in [4.69, 9.17) is 4.74 Å². The van der Waals surface area contributed by atoms with Crippen molar-refractivity contribution in [2.45, 2.75) is 56.2 Å². The average Bonchev–Trinajstić information content (AvgIpc) is 3.11. The van der Waals surface area contributed by atoms with Gasteiger partial charge in [-0.3, -0.25) is 4.90 Å². The van der Waals surface area contributed by atoms with Crippen molar-refractivity contribution in [3.63, 3.8) is 0 Å². The summed E-state index contributed by atoms with van der Waals surface area (Å²) >= 11 is 0. The first-order valence-corrected chi connectivity index (χ1v) is 10.6. The van der Waals surface area contributed by atoms with E-state index in [0.29, 0.717) is 25.1 Å². The molecule has 12 heteroatoms. The third-order valence-corrected chi connectivity index (χ3v) is 6.15. The molecule has 0 bridgehead atoms. The Kier molecular flexibility index (Phi) is 7.65. The monoisotopic (exact) mass is 486 g/mol. The summed E-state index contributed by atoms with van der Waals surface area (Å²) in [6.45, 7) is 0.782. The number of carbonyl (C=O) groups is 1. The molecule has 2 fully saturated rings. The van der Waals surface area contributed by atoms with Crippen molar-refractivity contribution in [3.05, 3.63) is 29.8 Å². The van der Waals surface area contributed by atoms with Crippen LogP contribution in [0.4, 0.5) is 35.5 Å². The molecule has 3 rings (SSSR count). The second-order valence-corrected chi connectivity index (χ2v) is 8.26. The van der Waals surface area contributed by atoms with Gasteiger partial charge in [-0.1, -0.05) is 12.1 Å². The van der Waals surface area contributed by atoms with Crippen LogP contribution in [0.1, 0.15) is 31.2 Å². The predicted octanol–water partition coefficient (Wildman–Crippen LogP) is 5.10. The number of ether oxygens (including phenoxy) is 2. The Balaban J connectivity index is 1.58. The zero-order valence-electron chi connectivity index (χ0n) is 17.7. The van der Waals surface area contributed by atoms with Crippen LogP contribution in [0.15, 0.2) is 24.3 Å². The van der Waals surface area contributed by atoms with Gasteiger partial charge < -0.3 is 14.4 Å². The SMILES string of the molecule is O=C(OC(C(F)(F)F)C(F)(F)F)N1CCC2(CCCN2Cc2ccc(OCCF)cc2)CC1. The van der Waals surface area contributed by atoms with Crippen LogP contribution in [0.2, 0.25) is 0 Å². The Morgan fingerprint density at radius 2 is 1.58 bits per heavy atom. The van der Waals surface area contributed by atoms with Crippen LogP contribution in [-0.2, 0) is 11.3 Å². The van der Waals surface area contributed by atoms with Crippen LogP contribution >= 0.6 is 0 Å². The van der Waals surface area contributed by atoms with Crippen molar-refractivity contribution in [1.82, 2.24) is 9.80 Å². The van der Waals surface area contributed by atoms with Crippen LogP contribution < -0.4 is 4.74 Å². The smallest absolute Gasteiger partial charge is 0.434 e. The third kappa shape index (κ3) is 6.21. The van der Waals surface area contributed by atoms with Crippen LogP contribution in [0, 0.1) is 0 Å². The number of likely N-dealkylation sites (tertiary alicyclic amines) is 2. The van der Waals surface area contributed by atoms with E-state index in [1.807, 2.05) is 12.1 Å².